The van der Waals surface area contributed by atoms with Gasteiger partial charge in [0, 0.05) is 22.9 Å². The average Bonchev–Trinajstić information content (AvgIpc) is 2.81. The second-order valence-corrected chi connectivity index (χ2v) is 6.03. The number of halogens is 2. The summed E-state index contributed by atoms with van der Waals surface area (Å²) < 4.78 is 2.39. The monoisotopic (exact) mass is 312 g/mol. The van der Waals surface area contributed by atoms with Crippen LogP contribution in [0.5, 0.6) is 0 Å². The summed E-state index contributed by atoms with van der Waals surface area (Å²) >= 11 is 12.2. The number of fused-ring (bicyclic) bond motifs is 1. The fraction of sp³-hybridized carbons (Fsp3) is 0.562. The van der Waals surface area contributed by atoms with Crippen LogP contribution in [0.3, 0.4) is 0 Å². The van der Waals surface area contributed by atoms with Crippen molar-refractivity contribution in [1.29, 1.82) is 0 Å². The summed E-state index contributed by atoms with van der Waals surface area (Å²) in [5, 5.41) is 0.758. The molecule has 2 aromatic rings. The van der Waals surface area contributed by atoms with Crippen molar-refractivity contribution >= 4 is 34.2 Å². The van der Waals surface area contributed by atoms with Crippen molar-refractivity contribution in [2.45, 2.75) is 52.0 Å². The number of hydrogen-bond acceptors (Lipinski definition) is 1. The van der Waals surface area contributed by atoms with E-state index >= 15 is 0 Å². The van der Waals surface area contributed by atoms with Crippen LogP contribution in [-0.2, 0) is 12.0 Å². The third-order valence-electron chi connectivity index (χ3n) is 4.45. The van der Waals surface area contributed by atoms with Crippen molar-refractivity contribution in [2.24, 2.45) is 0 Å². The fourth-order valence-electron chi connectivity index (χ4n) is 3.10. The minimum atomic E-state index is 0.0980. The highest BCUT2D eigenvalue weighted by atomic mass is 35.5. The molecule has 0 aliphatic carbocycles. The van der Waals surface area contributed by atoms with Gasteiger partial charge >= 0.3 is 0 Å². The van der Waals surface area contributed by atoms with E-state index in [0.717, 1.165) is 47.6 Å². The molecule has 0 saturated heterocycles. The van der Waals surface area contributed by atoms with Crippen LogP contribution < -0.4 is 0 Å². The van der Waals surface area contributed by atoms with Gasteiger partial charge in [0.05, 0.1) is 11.0 Å². The van der Waals surface area contributed by atoms with E-state index in [4.69, 9.17) is 28.2 Å². The first kappa shape index (κ1) is 15.7. The zero-order valence-electron chi connectivity index (χ0n) is 12.4. The quantitative estimate of drug-likeness (QED) is 0.653. The molecule has 2 nitrogen and oxygen atoms in total. The van der Waals surface area contributed by atoms with Crippen LogP contribution in [0.2, 0.25) is 5.02 Å². The number of imidazole rings is 1. The third kappa shape index (κ3) is 2.56. The molecule has 0 radical (unpaired) electrons. The maximum Gasteiger partial charge on any atom is 0.111 e. The van der Waals surface area contributed by atoms with Crippen molar-refractivity contribution in [3.8, 4) is 0 Å². The van der Waals surface area contributed by atoms with Crippen molar-refractivity contribution in [2.75, 3.05) is 5.88 Å². The molecule has 1 aromatic carbocycles. The first-order chi connectivity index (χ1) is 9.61. The molecule has 1 heterocycles. The standard InChI is InChI=1S/C16H22Cl2N2/c1-4-16(5-2,6-3)20-14-11-12(18)7-8-13(14)19-15(20)9-10-17/h7-8,11H,4-6,9-10H2,1-3H3. The Hall–Kier alpha value is -0.730. The molecule has 4 heteroatoms. The van der Waals surface area contributed by atoms with E-state index in [1.807, 2.05) is 18.2 Å². The van der Waals surface area contributed by atoms with E-state index in [2.05, 4.69) is 25.3 Å². The lowest BCUT2D eigenvalue weighted by atomic mass is 9.89. The second kappa shape index (κ2) is 6.36. The number of hydrogen-bond donors (Lipinski definition) is 0. The molecule has 0 bridgehead atoms. The number of aromatic nitrogens is 2. The van der Waals surface area contributed by atoms with E-state index in [-0.39, 0.29) is 5.54 Å². The Morgan fingerprint density at radius 2 is 1.80 bits per heavy atom. The molecule has 110 valence electrons. The topological polar surface area (TPSA) is 17.8 Å². The van der Waals surface area contributed by atoms with Crippen molar-refractivity contribution in [3.05, 3.63) is 29.0 Å². The Balaban J connectivity index is 2.75. The highest BCUT2D eigenvalue weighted by Crippen LogP contribution is 2.35. The van der Waals surface area contributed by atoms with Gasteiger partial charge in [-0.2, -0.15) is 0 Å². The Bertz CT molecular complexity index is 577. The Morgan fingerprint density at radius 3 is 2.35 bits per heavy atom. The molecule has 0 atom stereocenters. The first-order valence-corrected chi connectivity index (χ1v) is 8.26. The summed E-state index contributed by atoms with van der Waals surface area (Å²) in [6, 6.07) is 5.92. The molecule has 2 rings (SSSR count). The zero-order valence-corrected chi connectivity index (χ0v) is 13.9. The zero-order chi connectivity index (χ0) is 14.8. The molecule has 0 spiro atoms. The molecule has 0 N–H and O–H groups in total. The number of aryl methyl sites for hydroxylation is 1. The second-order valence-electron chi connectivity index (χ2n) is 5.22. The van der Waals surface area contributed by atoms with Gasteiger partial charge in [-0.1, -0.05) is 32.4 Å². The molecular formula is C16H22Cl2N2. The van der Waals surface area contributed by atoms with Crippen LogP contribution in [0, 0.1) is 0 Å². The highest BCUT2D eigenvalue weighted by Gasteiger charge is 2.30. The number of benzene rings is 1. The van der Waals surface area contributed by atoms with Crippen molar-refractivity contribution < 1.29 is 0 Å². The lowest BCUT2D eigenvalue weighted by Crippen LogP contribution is -2.33. The fourth-order valence-corrected chi connectivity index (χ4v) is 3.44. The van der Waals surface area contributed by atoms with Gasteiger partial charge in [-0.3, -0.25) is 0 Å². The first-order valence-electron chi connectivity index (χ1n) is 7.35. The van der Waals surface area contributed by atoms with E-state index in [0.29, 0.717) is 5.88 Å². The minimum Gasteiger partial charge on any atom is -0.322 e. The third-order valence-corrected chi connectivity index (χ3v) is 4.88. The van der Waals surface area contributed by atoms with Crippen LogP contribution in [0.1, 0.15) is 45.9 Å². The highest BCUT2D eigenvalue weighted by molar-refractivity contribution is 6.31. The molecule has 0 fully saturated rings. The molecule has 0 aliphatic rings. The summed E-state index contributed by atoms with van der Waals surface area (Å²) in [4.78, 5) is 4.77. The Labute approximate surface area is 131 Å². The number of alkyl halides is 1. The Kier molecular flexibility index (Phi) is 4.98. The summed E-state index contributed by atoms with van der Waals surface area (Å²) in [5.74, 6) is 1.66. The van der Waals surface area contributed by atoms with E-state index in [9.17, 15) is 0 Å². The van der Waals surface area contributed by atoms with E-state index < -0.39 is 0 Å². The van der Waals surface area contributed by atoms with Crippen molar-refractivity contribution in [1.82, 2.24) is 9.55 Å². The number of nitrogens with zero attached hydrogens (tertiary/aromatic N) is 2. The smallest absolute Gasteiger partial charge is 0.111 e. The van der Waals surface area contributed by atoms with Crippen LogP contribution in [0.4, 0.5) is 0 Å². The summed E-state index contributed by atoms with van der Waals surface area (Å²) in [6.45, 7) is 6.73. The molecule has 0 aliphatic heterocycles. The summed E-state index contributed by atoms with van der Waals surface area (Å²) in [6.07, 6.45) is 4.02. The summed E-state index contributed by atoms with van der Waals surface area (Å²) in [5.41, 5.74) is 2.23. The molecule has 0 saturated carbocycles. The SMILES string of the molecule is CCC(CC)(CC)n1c(CCCl)nc2ccc(Cl)cc21. The predicted molar refractivity (Wildman–Crippen MR) is 88.0 cm³/mol. The van der Waals surface area contributed by atoms with Gasteiger partial charge in [0.15, 0.2) is 0 Å². The maximum absolute atomic E-state index is 6.19. The van der Waals surface area contributed by atoms with Crippen LogP contribution in [0.25, 0.3) is 11.0 Å². The lowest BCUT2D eigenvalue weighted by molar-refractivity contribution is 0.251. The summed E-state index contributed by atoms with van der Waals surface area (Å²) in [7, 11) is 0. The minimum absolute atomic E-state index is 0.0980. The van der Waals surface area contributed by atoms with Gasteiger partial charge in [-0.05, 0) is 37.5 Å². The van der Waals surface area contributed by atoms with E-state index in [1.165, 1.54) is 0 Å². The lowest BCUT2D eigenvalue weighted by Gasteiger charge is -2.34. The molecule has 20 heavy (non-hydrogen) atoms. The number of rotatable bonds is 6. The van der Waals surface area contributed by atoms with Crippen LogP contribution in [0.15, 0.2) is 18.2 Å². The van der Waals surface area contributed by atoms with Crippen LogP contribution >= 0.6 is 23.2 Å². The van der Waals surface area contributed by atoms with Gasteiger partial charge < -0.3 is 4.57 Å². The molecular weight excluding hydrogens is 291 g/mol. The van der Waals surface area contributed by atoms with E-state index in [1.54, 1.807) is 0 Å². The van der Waals surface area contributed by atoms with Gasteiger partial charge in [0.2, 0.25) is 0 Å². The molecule has 1 aromatic heterocycles. The van der Waals surface area contributed by atoms with Gasteiger partial charge in [-0.15, -0.1) is 11.6 Å². The van der Waals surface area contributed by atoms with Crippen LogP contribution in [-0.4, -0.2) is 15.4 Å². The Morgan fingerprint density at radius 1 is 1.15 bits per heavy atom. The maximum atomic E-state index is 6.19. The molecule has 0 unspecified atom stereocenters. The molecule has 0 amide bonds. The van der Waals surface area contributed by atoms with Gasteiger partial charge in [0.25, 0.3) is 0 Å². The largest absolute Gasteiger partial charge is 0.322 e. The van der Waals surface area contributed by atoms with Gasteiger partial charge in [-0.25, -0.2) is 4.98 Å². The normalized spacial score (nSPS) is 12.2. The van der Waals surface area contributed by atoms with Crippen molar-refractivity contribution in [3.63, 3.8) is 0 Å². The predicted octanol–water partition coefficient (Wildman–Crippen LogP) is 5.40. The van der Waals surface area contributed by atoms with Gasteiger partial charge in [0.1, 0.15) is 5.82 Å². The average molecular weight is 313 g/mol.